The Morgan fingerprint density at radius 3 is 2.54 bits per heavy atom. The molecule has 134 valence electrons. The summed E-state index contributed by atoms with van der Waals surface area (Å²) in [5.41, 5.74) is 3.07. The summed E-state index contributed by atoms with van der Waals surface area (Å²) in [5, 5.41) is 6.59. The fourth-order valence-corrected chi connectivity index (χ4v) is 2.77. The maximum Gasteiger partial charge on any atom is 0.241 e. The number of hydrogen-bond acceptors (Lipinski definition) is 4. The fraction of sp³-hybridized carbons (Fsp3) is 0.500. The predicted molar refractivity (Wildman–Crippen MR) is 105 cm³/mol. The standard InChI is InChI=1S/C18H29BrN4O/c1-6-20-9-10-21-15(3)12-23(13-18(24)22(4)5)17-8-7-16(19)11-14(17)2/h7-8,11,20-21H,3,6,9-10,12-13H2,1-2,4-5H3. The zero-order valence-corrected chi connectivity index (χ0v) is 16.7. The lowest BCUT2D eigenvalue weighted by molar-refractivity contribution is -0.127. The average molecular weight is 397 g/mol. The molecule has 0 unspecified atom stereocenters. The molecule has 0 aromatic heterocycles. The number of rotatable bonds is 10. The van der Waals surface area contributed by atoms with E-state index in [2.05, 4.69) is 58.0 Å². The van der Waals surface area contributed by atoms with Gasteiger partial charge in [0.25, 0.3) is 0 Å². The van der Waals surface area contributed by atoms with Gasteiger partial charge in [0.15, 0.2) is 0 Å². The van der Waals surface area contributed by atoms with Gasteiger partial charge in [-0.25, -0.2) is 0 Å². The summed E-state index contributed by atoms with van der Waals surface area (Å²) in [4.78, 5) is 15.9. The van der Waals surface area contributed by atoms with E-state index < -0.39 is 0 Å². The Kier molecular flexibility index (Phi) is 8.85. The van der Waals surface area contributed by atoms with Crippen molar-refractivity contribution in [2.45, 2.75) is 13.8 Å². The van der Waals surface area contributed by atoms with Gasteiger partial charge in [-0.15, -0.1) is 0 Å². The number of carbonyl (C=O) groups is 1. The number of amides is 1. The molecule has 0 fully saturated rings. The van der Waals surface area contributed by atoms with E-state index >= 15 is 0 Å². The van der Waals surface area contributed by atoms with E-state index in [1.807, 2.05) is 12.1 Å². The Morgan fingerprint density at radius 2 is 1.96 bits per heavy atom. The molecule has 1 aromatic rings. The first-order chi connectivity index (χ1) is 11.3. The van der Waals surface area contributed by atoms with Crippen LogP contribution in [0.1, 0.15) is 12.5 Å². The summed E-state index contributed by atoms with van der Waals surface area (Å²) in [6.07, 6.45) is 0. The Hall–Kier alpha value is -1.53. The summed E-state index contributed by atoms with van der Waals surface area (Å²) < 4.78 is 1.03. The molecular formula is C18H29BrN4O. The van der Waals surface area contributed by atoms with E-state index in [0.717, 1.165) is 41.1 Å². The molecule has 1 rings (SSSR count). The second kappa shape index (κ2) is 10.4. The largest absolute Gasteiger partial charge is 0.386 e. The van der Waals surface area contributed by atoms with E-state index in [-0.39, 0.29) is 5.91 Å². The van der Waals surface area contributed by atoms with Crippen LogP contribution in [0.25, 0.3) is 0 Å². The number of nitrogens with one attached hydrogen (secondary N) is 2. The molecule has 0 heterocycles. The van der Waals surface area contributed by atoms with Crippen LogP contribution in [0.5, 0.6) is 0 Å². The van der Waals surface area contributed by atoms with Crippen molar-refractivity contribution < 1.29 is 4.79 Å². The van der Waals surface area contributed by atoms with Gasteiger partial charge in [-0.1, -0.05) is 29.4 Å². The number of aryl methyl sites for hydroxylation is 1. The summed E-state index contributed by atoms with van der Waals surface area (Å²) >= 11 is 3.49. The van der Waals surface area contributed by atoms with Crippen LogP contribution in [0.4, 0.5) is 5.69 Å². The second-order valence-electron chi connectivity index (χ2n) is 5.96. The summed E-state index contributed by atoms with van der Waals surface area (Å²) in [6, 6.07) is 6.09. The van der Waals surface area contributed by atoms with Crippen molar-refractivity contribution in [1.82, 2.24) is 15.5 Å². The molecule has 1 amide bonds. The van der Waals surface area contributed by atoms with Gasteiger partial charge < -0.3 is 20.4 Å². The fourth-order valence-electron chi connectivity index (χ4n) is 2.30. The quantitative estimate of drug-likeness (QED) is 0.596. The van der Waals surface area contributed by atoms with Crippen LogP contribution in [0.2, 0.25) is 0 Å². The molecule has 0 spiro atoms. The molecule has 0 saturated heterocycles. The van der Waals surface area contributed by atoms with Crippen molar-refractivity contribution in [1.29, 1.82) is 0 Å². The van der Waals surface area contributed by atoms with Crippen LogP contribution in [-0.2, 0) is 4.79 Å². The summed E-state index contributed by atoms with van der Waals surface area (Å²) in [5.74, 6) is 0.0674. The molecule has 0 radical (unpaired) electrons. The van der Waals surface area contributed by atoms with Crippen molar-refractivity contribution in [2.24, 2.45) is 0 Å². The Morgan fingerprint density at radius 1 is 1.25 bits per heavy atom. The van der Waals surface area contributed by atoms with Crippen LogP contribution >= 0.6 is 15.9 Å². The van der Waals surface area contributed by atoms with Gasteiger partial charge in [0.1, 0.15) is 0 Å². The normalized spacial score (nSPS) is 10.4. The van der Waals surface area contributed by atoms with Gasteiger partial charge >= 0.3 is 0 Å². The zero-order chi connectivity index (χ0) is 18.1. The molecule has 0 atom stereocenters. The second-order valence-corrected chi connectivity index (χ2v) is 6.87. The minimum absolute atomic E-state index is 0.0674. The molecule has 0 aliphatic heterocycles. The van der Waals surface area contributed by atoms with Crippen LogP contribution in [0.3, 0.4) is 0 Å². The first-order valence-electron chi connectivity index (χ1n) is 8.18. The van der Waals surface area contributed by atoms with Crippen molar-refractivity contribution in [3.05, 3.63) is 40.5 Å². The average Bonchev–Trinajstić information content (AvgIpc) is 2.51. The van der Waals surface area contributed by atoms with Gasteiger partial charge in [-0.3, -0.25) is 4.79 Å². The highest BCUT2D eigenvalue weighted by Crippen LogP contribution is 2.24. The number of halogens is 1. The zero-order valence-electron chi connectivity index (χ0n) is 15.2. The highest BCUT2D eigenvalue weighted by atomic mass is 79.9. The molecule has 6 heteroatoms. The van der Waals surface area contributed by atoms with E-state index in [0.29, 0.717) is 13.1 Å². The number of anilines is 1. The van der Waals surface area contributed by atoms with Gasteiger partial charge in [0, 0.05) is 43.0 Å². The van der Waals surface area contributed by atoms with Gasteiger partial charge in [0.2, 0.25) is 5.91 Å². The van der Waals surface area contributed by atoms with Crippen LogP contribution in [0.15, 0.2) is 34.9 Å². The number of carbonyl (C=O) groups excluding carboxylic acids is 1. The molecule has 0 bridgehead atoms. The third-order valence-corrected chi connectivity index (χ3v) is 4.13. The third kappa shape index (κ3) is 6.93. The molecule has 0 aliphatic carbocycles. The van der Waals surface area contributed by atoms with Crippen molar-refractivity contribution >= 4 is 27.5 Å². The van der Waals surface area contributed by atoms with Crippen molar-refractivity contribution in [3.8, 4) is 0 Å². The lowest BCUT2D eigenvalue weighted by Gasteiger charge is -2.28. The first-order valence-corrected chi connectivity index (χ1v) is 8.98. The molecule has 2 N–H and O–H groups in total. The van der Waals surface area contributed by atoms with E-state index in [1.54, 1.807) is 19.0 Å². The van der Waals surface area contributed by atoms with Crippen molar-refractivity contribution in [2.75, 3.05) is 51.7 Å². The molecule has 5 nitrogen and oxygen atoms in total. The van der Waals surface area contributed by atoms with E-state index in [9.17, 15) is 4.79 Å². The smallest absolute Gasteiger partial charge is 0.241 e. The Balaban J connectivity index is 2.81. The van der Waals surface area contributed by atoms with Gasteiger partial charge in [-0.2, -0.15) is 0 Å². The Bertz CT molecular complexity index is 560. The predicted octanol–water partition coefficient (Wildman–Crippen LogP) is 2.36. The van der Waals surface area contributed by atoms with Crippen LogP contribution in [0, 0.1) is 6.92 Å². The minimum atomic E-state index is 0.0674. The molecular weight excluding hydrogens is 368 g/mol. The topological polar surface area (TPSA) is 47.6 Å². The van der Waals surface area contributed by atoms with Gasteiger partial charge in [-0.05, 0) is 37.2 Å². The lowest BCUT2D eigenvalue weighted by atomic mass is 10.1. The molecule has 24 heavy (non-hydrogen) atoms. The summed E-state index contributed by atoms with van der Waals surface area (Å²) in [7, 11) is 3.55. The Labute approximate surface area is 154 Å². The number of benzene rings is 1. The first kappa shape index (κ1) is 20.5. The lowest BCUT2D eigenvalue weighted by Crippen LogP contribution is -2.40. The number of hydrogen-bond donors (Lipinski definition) is 2. The monoisotopic (exact) mass is 396 g/mol. The highest BCUT2D eigenvalue weighted by Gasteiger charge is 2.16. The molecule has 1 aromatic carbocycles. The number of likely N-dealkylation sites (N-methyl/N-ethyl adjacent to an activating group) is 2. The van der Waals surface area contributed by atoms with Crippen LogP contribution in [-0.4, -0.2) is 57.6 Å². The van der Waals surface area contributed by atoms with E-state index in [1.165, 1.54) is 0 Å². The highest BCUT2D eigenvalue weighted by molar-refractivity contribution is 9.10. The summed E-state index contributed by atoms with van der Waals surface area (Å²) in [6.45, 7) is 11.8. The SMILES string of the molecule is C=C(CN(CC(=O)N(C)C)c1ccc(Br)cc1C)NCCNCC. The maximum absolute atomic E-state index is 12.2. The minimum Gasteiger partial charge on any atom is -0.386 e. The van der Waals surface area contributed by atoms with E-state index in [4.69, 9.17) is 0 Å². The molecule has 0 aliphatic rings. The number of nitrogens with zero attached hydrogens (tertiary/aromatic N) is 2. The maximum atomic E-state index is 12.2. The van der Waals surface area contributed by atoms with Crippen molar-refractivity contribution in [3.63, 3.8) is 0 Å². The van der Waals surface area contributed by atoms with Crippen LogP contribution < -0.4 is 15.5 Å². The third-order valence-electron chi connectivity index (χ3n) is 3.63. The van der Waals surface area contributed by atoms with Gasteiger partial charge in [0.05, 0.1) is 13.1 Å². The molecule has 0 saturated carbocycles.